The van der Waals surface area contributed by atoms with Crippen molar-refractivity contribution in [3.05, 3.63) is 288 Å². The Balaban J connectivity index is 0.980. The van der Waals surface area contributed by atoms with E-state index in [1.165, 1.54) is 104 Å². The van der Waals surface area contributed by atoms with Gasteiger partial charge in [-0.15, -0.1) is 11.3 Å². The summed E-state index contributed by atoms with van der Waals surface area (Å²) in [7, 11) is 0. The second kappa shape index (κ2) is 22.4. The maximum atomic E-state index is 7.56. The summed E-state index contributed by atoms with van der Waals surface area (Å²) in [6.07, 6.45) is 0. The molecule has 3 aliphatic rings. The van der Waals surface area contributed by atoms with Crippen LogP contribution in [0.4, 0.5) is 45.5 Å². The molecule has 0 amide bonds. The molecule has 4 nitrogen and oxygen atoms in total. The van der Waals surface area contributed by atoms with Crippen molar-refractivity contribution in [1.82, 2.24) is 0 Å². The second-order valence-corrected chi connectivity index (χ2v) is 33.6. The number of rotatable bonds is 8. The molecular weight excluding hydrogens is 1220 g/mol. The van der Waals surface area contributed by atoms with Crippen LogP contribution >= 0.6 is 11.3 Å². The van der Waals surface area contributed by atoms with Gasteiger partial charge in [-0.25, -0.2) is 0 Å². The maximum absolute atomic E-state index is 7.56. The fourth-order valence-corrected chi connectivity index (χ4v) is 17.4. The zero-order valence-corrected chi connectivity index (χ0v) is 60.3. The smallest absolute Gasteiger partial charge is 0.333 e. The van der Waals surface area contributed by atoms with E-state index in [1.54, 1.807) is 0 Å². The summed E-state index contributed by atoms with van der Waals surface area (Å²) in [6, 6.07) is 97.4. The van der Waals surface area contributed by atoms with Crippen LogP contribution < -0.4 is 25.5 Å². The van der Waals surface area contributed by atoms with Crippen LogP contribution in [0.25, 0.3) is 87.0 Å². The van der Waals surface area contributed by atoms with Crippen molar-refractivity contribution in [1.29, 1.82) is 0 Å². The molecule has 99 heavy (non-hydrogen) atoms. The van der Waals surface area contributed by atoms with Gasteiger partial charge in [-0.2, -0.15) is 0 Å². The lowest BCUT2D eigenvalue weighted by molar-refractivity contribution is 0.590. The maximum Gasteiger partial charge on any atom is 0.333 e. The van der Waals surface area contributed by atoms with Gasteiger partial charge in [0.15, 0.2) is 5.58 Å². The first kappa shape index (κ1) is 62.4. The minimum Gasteiger partial charge on any atom is -0.454 e. The number of hydrogen-bond acceptors (Lipinski definition) is 5. The van der Waals surface area contributed by atoms with E-state index in [-0.39, 0.29) is 28.5 Å². The summed E-state index contributed by atoms with van der Waals surface area (Å²) < 4.78 is 7.56. The van der Waals surface area contributed by atoms with Crippen LogP contribution in [0.1, 0.15) is 130 Å². The summed E-state index contributed by atoms with van der Waals surface area (Å²) in [5.41, 5.74) is 30.1. The van der Waals surface area contributed by atoms with Gasteiger partial charge in [0.2, 0.25) is 0 Å². The Hall–Kier alpha value is -10.1. The Kier molecular flexibility index (Phi) is 14.1. The summed E-state index contributed by atoms with van der Waals surface area (Å²) in [4.78, 5) is 10.3. The molecule has 14 aromatic rings. The van der Waals surface area contributed by atoms with Crippen LogP contribution in [0.2, 0.25) is 0 Å². The number of nitrogens with zero attached hydrogens (tertiary/aromatic N) is 3. The van der Waals surface area contributed by atoms with E-state index in [0.29, 0.717) is 0 Å². The third-order valence-electron chi connectivity index (χ3n) is 21.7. The number of anilines is 8. The normalized spacial score (nSPS) is 14.0. The van der Waals surface area contributed by atoms with Gasteiger partial charge in [0.05, 0.1) is 11.4 Å². The number of hydrogen-bond donors (Lipinski definition) is 0. The highest BCUT2D eigenvalue weighted by Gasteiger charge is 2.49. The molecule has 486 valence electrons. The lowest BCUT2D eigenvalue weighted by atomic mass is 9.43. The number of furan rings is 1. The molecule has 2 aromatic heterocycles. The molecule has 0 N–H and O–H groups in total. The van der Waals surface area contributed by atoms with Gasteiger partial charge >= 0.3 is 6.85 Å². The summed E-state index contributed by atoms with van der Waals surface area (Å²) >= 11 is 1.90. The first-order chi connectivity index (χ1) is 47.4. The molecule has 0 saturated heterocycles. The van der Waals surface area contributed by atoms with E-state index in [9.17, 15) is 0 Å². The Morgan fingerprint density at radius 2 is 0.879 bits per heavy atom. The summed E-state index contributed by atoms with van der Waals surface area (Å²) in [5, 5.41) is 4.65. The Labute approximate surface area is 589 Å². The van der Waals surface area contributed by atoms with Crippen molar-refractivity contribution in [3.63, 3.8) is 0 Å². The average molecular weight is 1300 g/mol. The minimum absolute atomic E-state index is 0.0198. The van der Waals surface area contributed by atoms with Crippen molar-refractivity contribution in [2.45, 2.75) is 124 Å². The molecule has 1 aliphatic carbocycles. The van der Waals surface area contributed by atoms with E-state index < -0.39 is 5.41 Å². The number of para-hydroxylation sites is 1. The highest BCUT2D eigenvalue weighted by atomic mass is 32.1. The van der Waals surface area contributed by atoms with Crippen molar-refractivity contribution < 1.29 is 4.42 Å². The molecule has 0 spiro atoms. The average Bonchev–Trinajstić information content (AvgIpc) is 1.66. The fraction of sp³-hybridized carbons (Fsp3) is 0.204. The predicted molar refractivity (Wildman–Crippen MR) is 426 cm³/mol. The van der Waals surface area contributed by atoms with E-state index in [2.05, 4.69) is 366 Å². The molecule has 17 rings (SSSR count). The van der Waals surface area contributed by atoms with Crippen LogP contribution in [0.15, 0.2) is 259 Å². The lowest BCUT2D eigenvalue weighted by Crippen LogP contribution is -2.61. The van der Waals surface area contributed by atoms with E-state index in [4.69, 9.17) is 4.42 Å². The van der Waals surface area contributed by atoms with Crippen molar-refractivity contribution in [2.75, 3.05) is 14.6 Å². The summed E-state index contributed by atoms with van der Waals surface area (Å²) in [5.74, 6) is 0. The number of benzene rings is 12. The molecule has 12 aromatic carbocycles. The third-order valence-corrected chi connectivity index (χ3v) is 23.0. The van der Waals surface area contributed by atoms with Crippen molar-refractivity contribution in [3.8, 4) is 54.3 Å². The van der Waals surface area contributed by atoms with Gasteiger partial charge in [-0.05, 0) is 190 Å². The van der Waals surface area contributed by atoms with Crippen molar-refractivity contribution in [2.24, 2.45) is 0 Å². The highest BCUT2D eigenvalue weighted by Crippen LogP contribution is 2.59. The largest absolute Gasteiger partial charge is 0.454 e. The van der Waals surface area contributed by atoms with Crippen LogP contribution in [0, 0.1) is 0 Å². The predicted octanol–water partition coefficient (Wildman–Crippen LogP) is 25.5. The minimum atomic E-state index is -0.402. The number of thiophene rings is 1. The molecule has 0 radical (unpaired) electrons. The van der Waals surface area contributed by atoms with Crippen LogP contribution in [-0.2, 0) is 27.1 Å². The van der Waals surface area contributed by atoms with Gasteiger partial charge in [-0.3, -0.25) is 0 Å². The molecule has 2 aliphatic heterocycles. The van der Waals surface area contributed by atoms with E-state index in [0.717, 1.165) is 72.9 Å². The van der Waals surface area contributed by atoms with Gasteiger partial charge < -0.3 is 19.0 Å². The molecular formula is C93H84BN3OS. The molecule has 0 unspecified atom stereocenters. The van der Waals surface area contributed by atoms with Crippen molar-refractivity contribution >= 4 is 107 Å². The molecule has 4 heterocycles. The first-order valence-corrected chi connectivity index (χ1v) is 36.1. The standard InChI is InChI=1S/C93H84BN3OS/c1-89(2,3)60-34-41-64(42-35-60)95(65-43-36-61(37-44-65)90(4,5)6)67-47-48-68-71-52-72-73-53-74-69-32-24-25-33-83(69)98-86(74)85-84(73)94(97(66-45-38-62(39-46-66)91(7,8)9)81(72)56-78(71)93(13,14)77(68)51-67)79-54-75-76(88(59-30-22-17-23-31-59)99-87(75)58-28-20-16-21-29-58)55-82(79)96(85)80-49-40-63(92(10,11)12)50-70(80)57-26-18-15-19-27-57/h15-56H,1-14H3. The SMILES string of the molecule is CC(C)(C)c1ccc(N2B3c4cc5c(-c6ccccc6)sc(-c6ccccc6)c5cc4N(c4ccc(C(C)(C)C)cc4-c4ccccc4)c4c3c(cc3c4oc4ccccc43)-c3cc4c(cc32)C(C)(C)c2cc(N(c3ccc(C(C)(C)C)cc3)c3ccc(C(C)(C)C)cc3)ccc2-4)cc1. The van der Waals surface area contributed by atoms with E-state index in [1.807, 2.05) is 11.3 Å². The zero-order chi connectivity index (χ0) is 68.4. The fourth-order valence-electron chi connectivity index (χ4n) is 16.2. The molecule has 6 heteroatoms. The highest BCUT2D eigenvalue weighted by molar-refractivity contribution is 7.21. The second-order valence-electron chi connectivity index (χ2n) is 32.6. The Bertz CT molecular complexity index is 5480. The monoisotopic (exact) mass is 1300 g/mol. The zero-order valence-electron chi connectivity index (χ0n) is 59.5. The van der Waals surface area contributed by atoms with Gasteiger partial charge in [0.25, 0.3) is 0 Å². The molecule has 0 atom stereocenters. The third kappa shape index (κ3) is 10.1. The summed E-state index contributed by atoms with van der Waals surface area (Å²) in [6.45, 7) is 32.3. The molecule has 0 saturated carbocycles. The number of fused-ring (bicyclic) bond motifs is 12. The Morgan fingerprint density at radius 3 is 1.45 bits per heavy atom. The van der Waals surface area contributed by atoms with Crippen LogP contribution in [-0.4, -0.2) is 6.85 Å². The van der Waals surface area contributed by atoms with Gasteiger partial charge in [-0.1, -0.05) is 261 Å². The first-order valence-electron chi connectivity index (χ1n) is 35.3. The quantitative estimate of drug-likeness (QED) is 0.141. The lowest BCUT2D eigenvalue weighted by Gasteiger charge is -2.46. The van der Waals surface area contributed by atoms with E-state index >= 15 is 0 Å². The van der Waals surface area contributed by atoms with Crippen LogP contribution in [0.5, 0.6) is 0 Å². The van der Waals surface area contributed by atoms with Gasteiger partial charge in [0.1, 0.15) is 5.58 Å². The van der Waals surface area contributed by atoms with Gasteiger partial charge in [0, 0.05) is 82.0 Å². The Morgan fingerprint density at radius 1 is 0.374 bits per heavy atom. The molecule has 0 fully saturated rings. The van der Waals surface area contributed by atoms with Crippen LogP contribution in [0.3, 0.4) is 0 Å². The topological polar surface area (TPSA) is 22.9 Å². The molecule has 0 bridgehead atoms.